The number of aliphatic hydroxyl groups excluding tert-OH is 1. The zero-order valence-corrected chi connectivity index (χ0v) is 12.6. The summed E-state index contributed by atoms with van der Waals surface area (Å²) in [6, 6.07) is 13.4. The maximum Gasteiger partial charge on any atom is 0.428 e. The van der Waals surface area contributed by atoms with E-state index in [0.717, 1.165) is 4.57 Å². The van der Waals surface area contributed by atoms with Gasteiger partial charge in [0.15, 0.2) is 6.10 Å². The van der Waals surface area contributed by atoms with E-state index < -0.39 is 12.2 Å². The Hall–Kier alpha value is -2.53. The Morgan fingerprint density at radius 3 is 2.17 bits per heavy atom. The van der Waals surface area contributed by atoms with Gasteiger partial charge in [0.05, 0.1) is 12.6 Å². The molecule has 5 heteroatoms. The molecule has 0 aliphatic carbocycles. The number of halogens is 2. The summed E-state index contributed by atoms with van der Waals surface area (Å²) in [5.74, 6) is 0.325. The van der Waals surface area contributed by atoms with Crippen molar-refractivity contribution in [2.24, 2.45) is 7.05 Å². The van der Waals surface area contributed by atoms with Gasteiger partial charge >= 0.3 is 6.05 Å². The van der Waals surface area contributed by atoms with Crippen molar-refractivity contribution in [1.82, 2.24) is 4.57 Å². The molecule has 3 aromatic rings. The lowest BCUT2D eigenvalue weighted by Gasteiger charge is -2.20. The van der Waals surface area contributed by atoms with Crippen LogP contribution in [0.3, 0.4) is 0 Å². The van der Waals surface area contributed by atoms with Gasteiger partial charge in [-0.3, -0.25) is 0 Å². The first-order valence-corrected chi connectivity index (χ1v) is 7.25. The standard InChI is InChI=1S/C18H17F2N2O/c1-21-12-13-22(17(21)15-10-6-3-7-11-15)18(19,20)16(23)14-8-4-2-5-9-14/h2-13,16,23H,1H3/q+1/t16-/m0/s1. The second kappa shape index (κ2) is 5.93. The molecule has 0 aliphatic rings. The molecule has 0 saturated heterocycles. The van der Waals surface area contributed by atoms with Crippen LogP contribution in [0, 0.1) is 0 Å². The maximum atomic E-state index is 14.9. The first kappa shape index (κ1) is 15.4. The third-order valence-electron chi connectivity index (χ3n) is 3.80. The molecular formula is C18H17F2N2O+. The highest BCUT2D eigenvalue weighted by molar-refractivity contribution is 5.52. The molecule has 0 saturated carbocycles. The van der Waals surface area contributed by atoms with Gasteiger partial charge in [0.2, 0.25) is 0 Å². The summed E-state index contributed by atoms with van der Waals surface area (Å²) in [4.78, 5) is 0. The van der Waals surface area contributed by atoms with Crippen LogP contribution in [0.15, 0.2) is 73.1 Å². The fraction of sp³-hybridized carbons (Fsp3) is 0.167. The van der Waals surface area contributed by atoms with Crippen molar-refractivity contribution in [3.8, 4) is 11.4 Å². The van der Waals surface area contributed by atoms with E-state index in [-0.39, 0.29) is 5.56 Å². The summed E-state index contributed by atoms with van der Waals surface area (Å²) < 4.78 is 32.2. The highest BCUT2D eigenvalue weighted by Gasteiger charge is 2.48. The third-order valence-corrected chi connectivity index (χ3v) is 3.80. The van der Waals surface area contributed by atoms with Crippen LogP contribution >= 0.6 is 0 Å². The number of hydrogen-bond donors (Lipinski definition) is 1. The minimum atomic E-state index is -3.48. The number of hydrogen-bond acceptors (Lipinski definition) is 1. The van der Waals surface area contributed by atoms with E-state index in [0.29, 0.717) is 11.4 Å². The van der Waals surface area contributed by atoms with Crippen molar-refractivity contribution in [3.05, 3.63) is 78.6 Å². The number of rotatable bonds is 4. The molecule has 0 unspecified atom stereocenters. The Kier molecular flexibility index (Phi) is 3.96. The topological polar surface area (TPSA) is 29.0 Å². The molecule has 23 heavy (non-hydrogen) atoms. The number of aromatic nitrogens is 2. The maximum absolute atomic E-state index is 14.9. The van der Waals surface area contributed by atoms with E-state index in [4.69, 9.17) is 0 Å². The Morgan fingerprint density at radius 1 is 1.00 bits per heavy atom. The predicted molar refractivity (Wildman–Crippen MR) is 82.6 cm³/mol. The summed E-state index contributed by atoms with van der Waals surface area (Å²) in [5, 5.41) is 10.2. The quantitative estimate of drug-likeness (QED) is 0.736. The van der Waals surface area contributed by atoms with Crippen LogP contribution in [-0.2, 0) is 13.1 Å². The SMILES string of the molecule is C[n+]1ccn(C(F)(F)[C@@H](O)c2ccccc2)c1-c1ccccc1. The van der Waals surface area contributed by atoms with E-state index in [1.165, 1.54) is 18.3 Å². The number of aliphatic hydroxyl groups is 1. The van der Waals surface area contributed by atoms with Gasteiger partial charge in [-0.25, -0.2) is 4.57 Å². The van der Waals surface area contributed by atoms with E-state index in [1.807, 2.05) is 6.07 Å². The van der Waals surface area contributed by atoms with Crippen molar-refractivity contribution in [2.45, 2.75) is 12.2 Å². The van der Waals surface area contributed by atoms with Crippen molar-refractivity contribution in [1.29, 1.82) is 0 Å². The molecule has 0 amide bonds. The number of nitrogens with zero attached hydrogens (tertiary/aromatic N) is 2. The molecule has 1 atom stereocenters. The van der Waals surface area contributed by atoms with Gasteiger partial charge in [0.25, 0.3) is 5.82 Å². The first-order valence-electron chi connectivity index (χ1n) is 7.25. The molecule has 3 rings (SSSR count). The minimum Gasteiger partial charge on any atom is -0.378 e. The first-order chi connectivity index (χ1) is 11.0. The normalized spacial score (nSPS) is 13.0. The predicted octanol–water partition coefficient (Wildman–Crippen LogP) is 3.26. The largest absolute Gasteiger partial charge is 0.428 e. The van der Waals surface area contributed by atoms with Crippen molar-refractivity contribution in [3.63, 3.8) is 0 Å². The van der Waals surface area contributed by atoms with Crippen LogP contribution in [0.1, 0.15) is 11.7 Å². The Morgan fingerprint density at radius 2 is 1.57 bits per heavy atom. The molecule has 1 heterocycles. The smallest absolute Gasteiger partial charge is 0.378 e. The van der Waals surface area contributed by atoms with Gasteiger partial charge in [0.1, 0.15) is 12.4 Å². The van der Waals surface area contributed by atoms with E-state index in [1.54, 1.807) is 60.3 Å². The van der Waals surface area contributed by atoms with Crippen LogP contribution in [0.25, 0.3) is 11.4 Å². The van der Waals surface area contributed by atoms with Crippen LogP contribution in [-0.4, -0.2) is 9.67 Å². The summed E-state index contributed by atoms with van der Waals surface area (Å²) in [5.41, 5.74) is 0.827. The van der Waals surface area contributed by atoms with Crippen LogP contribution < -0.4 is 4.57 Å². The molecule has 0 radical (unpaired) electrons. The van der Waals surface area contributed by atoms with Gasteiger partial charge in [0, 0.05) is 0 Å². The Labute approximate surface area is 133 Å². The lowest BCUT2D eigenvalue weighted by molar-refractivity contribution is -0.660. The molecule has 3 nitrogen and oxygen atoms in total. The molecular weight excluding hydrogens is 298 g/mol. The van der Waals surface area contributed by atoms with Crippen molar-refractivity contribution >= 4 is 0 Å². The van der Waals surface area contributed by atoms with Gasteiger partial charge in [-0.15, -0.1) is 0 Å². The van der Waals surface area contributed by atoms with Crippen LogP contribution in [0.2, 0.25) is 0 Å². The second-order valence-corrected chi connectivity index (χ2v) is 5.37. The Bertz CT molecular complexity index is 785. The average molecular weight is 315 g/mol. The fourth-order valence-corrected chi connectivity index (χ4v) is 2.62. The monoisotopic (exact) mass is 315 g/mol. The number of benzene rings is 2. The summed E-state index contributed by atoms with van der Waals surface area (Å²) in [6.07, 6.45) is 0.904. The molecule has 0 spiro atoms. The minimum absolute atomic E-state index is 0.174. The third kappa shape index (κ3) is 2.75. The summed E-state index contributed by atoms with van der Waals surface area (Å²) >= 11 is 0. The van der Waals surface area contributed by atoms with Gasteiger partial charge < -0.3 is 5.11 Å². The highest BCUT2D eigenvalue weighted by atomic mass is 19.3. The fourth-order valence-electron chi connectivity index (χ4n) is 2.62. The zero-order valence-electron chi connectivity index (χ0n) is 12.6. The molecule has 1 aromatic heterocycles. The van der Waals surface area contributed by atoms with Gasteiger partial charge in [-0.05, 0) is 17.7 Å². The van der Waals surface area contributed by atoms with Crippen LogP contribution in [0.4, 0.5) is 8.78 Å². The second-order valence-electron chi connectivity index (χ2n) is 5.37. The van der Waals surface area contributed by atoms with Crippen LogP contribution in [0.5, 0.6) is 0 Å². The molecule has 1 N–H and O–H groups in total. The number of imidazole rings is 1. The van der Waals surface area contributed by atoms with E-state index >= 15 is 0 Å². The lowest BCUT2D eigenvalue weighted by Crippen LogP contribution is -2.36. The summed E-state index contributed by atoms with van der Waals surface area (Å²) in [7, 11) is 1.70. The number of alkyl halides is 2. The molecule has 0 aliphatic heterocycles. The lowest BCUT2D eigenvalue weighted by atomic mass is 10.1. The summed E-state index contributed by atoms with van der Waals surface area (Å²) in [6.45, 7) is 0. The Balaban J connectivity index is 2.08. The van der Waals surface area contributed by atoms with E-state index in [9.17, 15) is 13.9 Å². The zero-order chi connectivity index (χ0) is 16.4. The van der Waals surface area contributed by atoms with Crippen molar-refractivity contribution in [2.75, 3.05) is 0 Å². The molecule has 118 valence electrons. The van der Waals surface area contributed by atoms with Crippen molar-refractivity contribution < 1.29 is 18.5 Å². The molecule has 2 aromatic carbocycles. The average Bonchev–Trinajstić information content (AvgIpc) is 2.98. The highest BCUT2D eigenvalue weighted by Crippen LogP contribution is 2.38. The number of aryl methyl sites for hydroxylation is 1. The van der Waals surface area contributed by atoms with E-state index in [2.05, 4.69) is 0 Å². The molecule has 0 bridgehead atoms. The van der Waals surface area contributed by atoms with Gasteiger partial charge in [-0.1, -0.05) is 48.5 Å². The molecule has 0 fully saturated rings. The van der Waals surface area contributed by atoms with Gasteiger partial charge in [-0.2, -0.15) is 13.3 Å².